The average molecular weight is 557 g/mol. The number of sulfonamides is 1. The monoisotopic (exact) mass is 556 g/mol. The molecule has 0 atom stereocenters. The maximum absolute atomic E-state index is 13.3. The van der Waals surface area contributed by atoms with Crippen molar-refractivity contribution in [2.45, 2.75) is 11.4 Å². The van der Waals surface area contributed by atoms with Crippen molar-refractivity contribution in [1.29, 1.82) is 0 Å². The molecule has 182 valence electrons. The van der Waals surface area contributed by atoms with Gasteiger partial charge in [-0.3, -0.25) is 14.1 Å². The summed E-state index contributed by atoms with van der Waals surface area (Å²) in [4.78, 5) is 12.5. The minimum absolute atomic E-state index is 0.0144. The Bertz CT molecular complexity index is 1720. The Labute approximate surface area is 221 Å². The molecule has 0 saturated carbocycles. The van der Waals surface area contributed by atoms with Crippen LogP contribution in [0.25, 0.3) is 10.2 Å². The van der Waals surface area contributed by atoms with Crippen LogP contribution in [0.15, 0.2) is 101 Å². The number of nitrogens with one attached hydrogen (secondary N) is 1. The summed E-state index contributed by atoms with van der Waals surface area (Å²) in [5.74, 6) is 0.850. The number of fused-ring (bicyclic) bond motifs is 1. The summed E-state index contributed by atoms with van der Waals surface area (Å²) in [7, 11) is -4.01. The lowest BCUT2D eigenvalue weighted by atomic mass is 10.2. The number of nitrogens with zero attached hydrogens (tertiary/aromatic N) is 1. The molecule has 1 heterocycles. The van der Waals surface area contributed by atoms with Crippen molar-refractivity contribution in [2.75, 3.05) is 4.72 Å². The molecule has 6 nitrogen and oxygen atoms in total. The Morgan fingerprint density at radius 3 is 2.33 bits per heavy atom. The fraction of sp³-hybridized carbons (Fsp3) is 0.0385. The van der Waals surface area contributed by atoms with E-state index in [1.54, 1.807) is 47.0 Å². The third-order valence-electron chi connectivity index (χ3n) is 5.36. The van der Waals surface area contributed by atoms with E-state index >= 15 is 0 Å². The molecule has 5 aromatic rings. The lowest BCUT2D eigenvalue weighted by Crippen LogP contribution is -2.14. The Balaban J connectivity index is 1.45. The molecule has 10 heteroatoms. The first kappa shape index (κ1) is 24.4. The summed E-state index contributed by atoms with van der Waals surface area (Å²) in [5.41, 5.74) is 1.75. The highest BCUT2D eigenvalue weighted by Gasteiger charge is 2.20. The zero-order chi connectivity index (χ0) is 25.3. The van der Waals surface area contributed by atoms with Crippen LogP contribution in [0, 0.1) is 0 Å². The first-order valence-electron chi connectivity index (χ1n) is 10.7. The van der Waals surface area contributed by atoms with Gasteiger partial charge in [-0.1, -0.05) is 64.9 Å². The van der Waals surface area contributed by atoms with Gasteiger partial charge in [-0.15, -0.1) is 0 Å². The maximum Gasteiger partial charge on any atom is 0.308 e. The largest absolute Gasteiger partial charge is 0.455 e. The quantitative estimate of drug-likeness (QED) is 0.234. The van der Waals surface area contributed by atoms with E-state index in [0.717, 1.165) is 16.9 Å². The van der Waals surface area contributed by atoms with E-state index in [9.17, 15) is 13.2 Å². The first-order valence-corrected chi connectivity index (χ1v) is 13.8. The van der Waals surface area contributed by atoms with E-state index < -0.39 is 10.0 Å². The van der Waals surface area contributed by atoms with Crippen molar-refractivity contribution < 1.29 is 13.2 Å². The molecule has 0 fully saturated rings. The van der Waals surface area contributed by atoms with Crippen LogP contribution in [0.2, 0.25) is 10.0 Å². The molecule has 4 aromatic carbocycles. The average Bonchev–Trinajstić information content (AvgIpc) is 3.17. The van der Waals surface area contributed by atoms with Crippen LogP contribution in [0.5, 0.6) is 11.5 Å². The summed E-state index contributed by atoms with van der Waals surface area (Å²) in [6.07, 6.45) is 0. The van der Waals surface area contributed by atoms with Crippen LogP contribution >= 0.6 is 34.5 Å². The van der Waals surface area contributed by atoms with Crippen LogP contribution in [0.1, 0.15) is 5.56 Å². The molecule has 0 saturated heterocycles. The van der Waals surface area contributed by atoms with Crippen LogP contribution in [-0.2, 0) is 16.6 Å². The van der Waals surface area contributed by atoms with E-state index in [1.807, 2.05) is 30.3 Å². The minimum atomic E-state index is -4.01. The number of ether oxygens (including phenoxy) is 1. The van der Waals surface area contributed by atoms with Gasteiger partial charge in [0.05, 0.1) is 27.3 Å². The molecular weight excluding hydrogens is 539 g/mol. The Hall–Kier alpha value is -3.30. The van der Waals surface area contributed by atoms with Gasteiger partial charge < -0.3 is 4.74 Å². The molecule has 0 unspecified atom stereocenters. The van der Waals surface area contributed by atoms with Gasteiger partial charge in [0.25, 0.3) is 10.0 Å². The number of thiazole rings is 1. The molecule has 0 aliphatic rings. The standard InChI is InChI=1S/C26H18Cl2N2O4S2/c27-18-8-6-17(7-9-18)16-30-23-12-11-21(15-25(23)35-26(30)31)36(32,33)29-22-14-19(28)10-13-24(22)34-20-4-2-1-3-5-20/h1-15,29H,16H2. The third-order valence-corrected chi connectivity index (χ3v) is 8.15. The first-order chi connectivity index (χ1) is 17.3. The minimum Gasteiger partial charge on any atom is -0.455 e. The van der Waals surface area contributed by atoms with Crippen molar-refractivity contribution in [3.8, 4) is 11.5 Å². The van der Waals surface area contributed by atoms with E-state index in [0.29, 0.717) is 38.3 Å². The van der Waals surface area contributed by atoms with Crippen molar-refractivity contribution in [1.82, 2.24) is 4.57 Å². The molecule has 0 aliphatic heterocycles. The molecule has 0 aliphatic carbocycles. The lowest BCUT2D eigenvalue weighted by molar-refractivity contribution is 0.485. The fourth-order valence-corrected chi connectivity index (χ4v) is 6.02. The highest BCUT2D eigenvalue weighted by molar-refractivity contribution is 7.92. The van der Waals surface area contributed by atoms with Gasteiger partial charge >= 0.3 is 4.87 Å². The number of halogens is 2. The third kappa shape index (κ3) is 5.27. The van der Waals surface area contributed by atoms with Crippen molar-refractivity contribution in [3.63, 3.8) is 0 Å². The Morgan fingerprint density at radius 2 is 1.58 bits per heavy atom. The highest BCUT2D eigenvalue weighted by Crippen LogP contribution is 2.34. The van der Waals surface area contributed by atoms with Crippen molar-refractivity contribution in [3.05, 3.63) is 116 Å². The molecular formula is C26H18Cl2N2O4S2. The maximum atomic E-state index is 13.3. The zero-order valence-corrected chi connectivity index (χ0v) is 21.7. The van der Waals surface area contributed by atoms with Gasteiger partial charge in [0.15, 0.2) is 5.75 Å². The fourth-order valence-electron chi connectivity index (χ4n) is 3.63. The van der Waals surface area contributed by atoms with E-state index in [4.69, 9.17) is 27.9 Å². The number of anilines is 1. The van der Waals surface area contributed by atoms with E-state index in [1.165, 1.54) is 18.2 Å². The summed E-state index contributed by atoms with van der Waals surface area (Å²) < 4.78 is 37.1. The summed E-state index contributed by atoms with van der Waals surface area (Å²) in [6.45, 7) is 0.350. The van der Waals surface area contributed by atoms with Crippen LogP contribution < -0.4 is 14.3 Å². The Kier molecular flexibility index (Phi) is 6.77. The number of para-hydroxylation sites is 1. The number of aromatic nitrogens is 1. The molecule has 1 N–H and O–H groups in total. The summed E-state index contributed by atoms with van der Waals surface area (Å²) >= 11 is 13.1. The van der Waals surface area contributed by atoms with Crippen molar-refractivity contribution >= 4 is 60.5 Å². The predicted octanol–water partition coefficient (Wildman–Crippen LogP) is 7.01. The van der Waals surface area contributed by atoms with Crippen LogP contribution in [0.4, 0.5) is 5.69 Å². The van der Waals surface area contributed by atoms with Crippen LogP contribution in [-0.4, -0.2) is 13.0 Å². The Morgan fingerprint density at radius 1 is 0.861 bits per heavy atom. The van der Waals surface area contributed by atoms with Crippen LogP contribution in [0.3, 0.4) is 0 Å². The van der Waals surface area contributed by atoms with Gasteiger partial charge in [-0.05, 0) is 66.2 Å². The molecule has 36 heavy (non-hydrogen) atoms. The molecule has 0 amide bonds. The SMILES string of the molecule is O=c1sc2cc(S(=O)(=O)Nc3cc(Cl)ccc3Oc3ccccc3)ccc2n1Cc1ccc(Cl)cc1. The van der Waals surface area contributed by atoms with E-state index in [-0.39, 0.29) is 15.5 Å². The number of hydrogen-bond donors (Lipinski definition) is 1. The van der Waals surface area contributed by atoms with Gasteiger partial charge in [0, 0.05) is 10.0 Å². The second kappa shape index (κ2) is 9.99. The molecule has 5 rings (SSSR count). The van der Waals surface area contributed by atoms with Gasteiger partial charge in [-0.2, -0.15) is 0 Å². The second-order valence-corrected chi connectivity index (χ2v) is 11.4. The summed E-state index contributed by atoms with van der Waals surface area (Å²) in [6, 6.07) is 25.5. The van der Waals surface area contributed by atoms with Gasteiger partial charge in [-0.25, -0.2) is 8.42 Å². The number of hydrogen-bond acceptors (Lipinski definition) is 5. The molecule has 1 aromatic heterocycles. The molecule has 0 radical (unpaired) electrons. The number of rotatable bonds is 7. The summed E-state index contributed by atoms with van der Waals surface area (Å²) in [5, 5.41) is 0.960. The lowest BCUT2D eigenvalue weighted by Gasteiger charge is -2.14. The van der Waals surface area contributed by atoms with Crippen molar-refractivity contribution in [2.24, 2.45) is 0 Å². The topological polar surface area (TPSA) is 77.4 Å². The highest BCUT2D eigenvalue weighted by atomic mass is 35.5. The second-order valence-electron chi connectivity index (χ2n) is 7.87. The van der Waals surface area contributed by atoms with E-state index in [2.05, 4.69) is 4.72 Å². The number of benzene rings is 4. The normalized spacial score (nSPS) is 11.5. The van der Waals surface area contributed by atoms with Gasteiger partial charge in [0.1, 0.15) is 5.75 Å². The smallest absolute Gasteiger partial charge is 0.308 e. The molecule has 0 spiro atoms. The van der Waals surface area contributed by atoms with Gasteiger partial charge in [0.2, 0.25) is 0 Å². The zero-order valence-electron chi connectivity index (χ0n) is 18.5. The predicted molar refractivity (Wildman–Crippen MR) is 145 cm³/mol. The molecule has 0 bridgehead atoms.